The van der Waals surface area contributed by atoms with E-state index < -0.39 is 15.8 Å². The van der Waals surface area contributed by atoms with Crippen LogP contribution in [-0.2, 0) is 16.4 Å². The number of nitrogens with one attached hydrogen (secondary N) is 1. The summed E-state index contributed by atoms with van der Waals surface area (Å²) in [5.74, 6) is -0.557. The Morgan fingerprint density at radius 3 is 2.93 bits per heavy atom. The third-order valence-corrected chi connectivity index (χ3v) is 7.24. The fourth-order valence-electron chi connectivity index (χ4n) is 4.17. The van der Waals surface area contributed by atoms with Crippen molar-refractivity contribution in [2.24, 2.45) is 0 Å². The van der Waals surface area contributed by atoms with E-state index in [1.165, 1.54) is 27.7 Å². The molecule has 0 amide bonds. The molecule has 148 valence electrons. The van der Waals surface area contributed by atoms with Crippen molar-refractivity contribution in [3.05, 3.63) is 64.6 Å². The predicted molar refractivity (Wildman–Crippen MR) is 109 cm³/mol. The first-order valence-corrected chi connectivity index (χ1v) is 11.2. The lowest BCUT2D eigenvalue weighted by molar-refractivity contribution is 0.581. The number of benzene rings is 1. The Morgan fingerprint density at radius 2 is 2.18 bits per heavy atom. The maximum atomic E-state index is 13.7. The van der Waals surface area contributed by atoms with Crippen LogP contribution in [0.2, 0.25) is 0 Å². The van der Waals surface area contributed by atoms with Crippen molar-refractivity contribution in [2.45, 2.75) is 50.0 Å². The molecular weight excluding hydrogens is 375 g/mol. The molecule has 1 aromatic heterocycles. The van der Waals surface area contributed by atoms with Gasteiger partial charge in [-0.15, -0.1) is 0 Å². The van der Waals surface area contributed by atoms with E-state index in [4.69, 9.17) is 0 Å². The first kappa shape index (κ1) is 19.2. The molecule has 28 heavy (non-hydrogen) atoms. The molecule has 2 aromatic rings. The molecular formula is C22H25FN2O2S. The van der Waals surface area contributed by atoms with Gasteiger partial charge in [0.2, 0.25) is 0 Å². The third kappa shape index (κ3) is 3.59. The van der Waals surface area contributed by atoms with Gasteiger partial charge in [0.05, 0.1) is 10.2 Å². The highest BCUT2D eigenvalue weighted by atomic mass is 32.2. The van der Waals surface area contributed by atoms with Crippen molar-refractivity contribution in [1.29, 1.82) is 0 Å². The Labute approximate surface area is 165 Å². The van der Waals surface area contributed by atoms with Gasteiger partial charge in [0.15, 0.2) is 0 Å². The molecule has 2 aliphatic rings. The second-order valence-corrected chi connectivity index (χ2v) is 9.40. The van der Waals surface area contributed by atoms with Gasteiger partial charge in [-0.2, -0.15) is 0 Å². The van der Waals surface area contributed by atoms with E-state index in [1.54, 1.807) is 6.20 Å². The lowest BCUT2D eigenvalue weighted by Crippen LogP contribution is -2.36. The van der Waals surface area contributed by atoms with E-state index >= 15 is 0 Å². The average molecular weight is 401 g/mol. The number of rotatable bonds is 4. The molecule has 1 unspecified atom stereocenters. The molecule has 0 spiro atoms. The summed E-state index contributed by atoms with van der Waals surface area (Å²) >= 11 is 0. The number of hydrogen-bond acceptors (Lipinski definition) is 3. The molecule has 6 heteroatoms. The van der Waals surface area contributed by atoms with Gasteiger partial charge in [-0.3, -0.25) is 0 Å². The van der Waals surface area contributed by atoms with Crippen LogP contribution in [0.15, 0.2) is 47.5 Å². The molecule has 1 atom stereocenters. The Bertz CT molecular complexity index is 1140. The van der Waals surface area contributed by atoms with E-state index in [0.29, 0.717) is 11.4 Å². The Kier molecular flexibility index (Phi) is 5.25. The quantitative estimate of drug-likeness (QED) is 0.858. The highest BCUT2D eigenvalue weighted by Crippen LogP contribution is 2.17. The first-order chi connectivity index (χ1) is 13.5. The smallest absolute Gasteiger partial charge is 0.268 e. The fourth-order valence-corrected chi connectivity index (χ4v) is 5.59. The predicted octanol–water partition coefficient (Wildman–Crippen LogP) is 2.46. The van der Waals surface area contributed by atoms with Crippen molar-refractivity contribution >= 4 is 21.7 Å². The van der Waals surface area contributed by atoms with Gasteiger partial charge >= 0.3 is 0 Å². The Balaban J connectivity index is 1.95. The molecule has 0 radical (unpaired) electrons. The van der Waals surface area contributed by atoms with Gasteiger partial charge in [-0.1, -0.05) is 23.8 Å². The number of allylic oxidation sites excluding steroid dienone is 2. The van der Waals surface area contributed by atoms with Crippen LogP contribution in [0.5, 0.6) is 0 Å². The molecule has 1 saturated heterocycles. The summed E-state index contributed by atoms with van der Waals surface area (Å²) in [6, 6.07) is 5.57. The van der Waals surface area contributed by atoms with Crippen LogP contribution in [0.4, 0.5) is 4.39 Å². The van der Waals surface area contributed by atoms with Crippen molar-refractivity contribution in [2.75, 3.05) is 6.54 Å². The molecule has 1 fully saturated rings. The number of nitrogens with zero attached hydrogens (tertiary/aromatic N) is 1. The second kappa shape index (κ2) is 7.68. The van der Waals surface area contributed by atoms with Gasteiger partial charge < -0.3 is 5.32 Å². The summed E-state index contributed by atoms with van der Waals surface area (Å²) in [6.45, 7) is 3.09. The normalized spacial score (nSPS) is 19.8. The maximum absolute atomic E-state index is 13.7. The molecule has 1 aliphatic heterocycles. The second-order valence-electron chi connectivity index (χ2n) is 7.58. The van der Waals surface area contributed by atoms with Gasteiger partial charge in [0.25, 0.3) is 10.0 Å². The molecule has 1 N–H and O–H groups in total. The summed E-state index contributed by atoms with van der Waals surface area (Å²) in [5, 5.41) is 5.18. The zero-order valence-electron chi connectivity index (χ0n) is 16.0. The number of fused-ring (bicyclic) bond motifs is 1. The van der Waals surface area contributed by atoms with Gasteiger partial charge in [0.1, 0.15) is 5.82 Å². The van der Waals surface area contributed by atoms with Crippen molar-refractivity contribution < 1.29 is 12.8 Å². The highest BCUT2D eigenvalue weighted by Gasteiger charge is 2.23. The van der Waals surface area contributed by atoms with E-state index in [0.717, 1.165) is 55.5 Å². The van der Waals surface area contributed by atoms with E-state index in [2.05, 4.69) is 18.3 Å². The highest BCUT2D eigenvalue weighted by molar-refractivity contribution is 7.90. The summed E-state index contributed by atoms with van der Waals surface area (Å²) < 4.78 is 41.7. The SMILES string of the molecule is CC1=c2c(CC3CCCN3)cn(S(=O)(=O)c3cccc(F)c3)c2=CC=CCC1. The summed E-state index contributed by atoms with van der Waals surface area (Å²) in [5.41, 5.74) is 2.23. The van der Waals surface area contributed by atoms with Crippen molar-refractivity contribution in [1.82, 2.24) is 9.29 Å². The summed E-state index contributed by atoms with van der Waals surface area (Å²) in [7, 11) is -3.89. The third-order valence-electron chi connectivity index (χ3n) is 5.57. The van der Waals surface area contributed by atoms with E-state index in [9.17, 15) is 12.8 Å². The largest absolute Gasteiger partial charge is 0.314 e. The number of hydrogen-bond donors (Lipinski definition) is 1. The minimum atomic E-state index is -3.89. The van der Waals surface area contributed by atoms with Crippen LogP contribution >= 0.6 is 0 Å². The standard InChI is InChI=1S/C22H25FN2O2S/c1-16-7-3-2-4-11-21-22(16)17(13-19-9-6-12-24-19)15-25(21)28(26,27)20-10-5-8-18(23)14-20/h2,4-5,8,10-11,14-15,19,24H,3,6-7,9,12-13H2,1H3. The number of halogens is 1. The average Bonchev–Trinajstić information content (AvgIpc) is 3.28. The molecule has 1 aromatic carbocycles. The van der Waals surface area contributed by atoms with Crippen LogP contribution < -0.4 is 15.9 Å². The van der Waals surface area contributed by atoms with Crippen LogP contribution in [-0.4, -0.2) is 25.0 Å². The van der Waals surface area contributed by atoms with Gasteiger partial charge in [0, 0.05) is 17.5 Å². The van der Waals surface area contributed by atoms with Crippen molar-refractivity contribution in [3.63, 3.8) is 0 Å². The molecule has 0 bridgehead atoms. The van der Waals surface area contributed by atoms with Gasteiger partial charge in [-0.05, 0) is 75.4 Å². The van der Waals surface area contributed by atoms with Crippen molar-refractivity contribution in [3.8, 4) is 0 Å². The monoisotopic (exact) mass is 400 g/mol. The minimum absolute atomic E-state index is 0.0343. The van der Waals surface area contributed by atoms with Gasteiger partial charge in [-0.25, -0.2) is 16.8 Å². The lowest BCUT2D eigenvalue weighted by Gasteiger charge is -2.09. The molecule has 1 aliphatic carbocycles. The first-order valence-electron chi connectivity index (χ1n) is 9.78. The molecule has 4 rings (SSSR count). The summed E-state index contributed by atoms with van der Waals surface area (Å²) in [4.78, 5) is -0.0343. The van der Waals surface area contributed by atoms with Crippen LogP contribution in [0.1, 0.15) is 38.2 Å². The maximum Gasteiger partial charge on any atom is 0.268 e. The van der Waals surface area contributed by atoms with Crippen LogP contribution in [0.3, 0.4) is 0 Å². The van der Waals surface area contributed by atoms with Crippen LogP contribution in [0.25, 0.3) is 11.6 Å². The molecule has 0 saturated carbocycles. The minimum Gasteiger partial charge on any atom is -0.314 e. The lowest BCUT2D eigenvalue weighted by atomic mass is 10.0. The summed E-state index contributed by atoms with van der Waals surface area (Å²) in [6.07, 6.45) is 12.4. The Hall–Kier alpha value is -2.18. The zero-order chi connectivity index (χ0) is 19.7. The van der Waals surface area contributed by atoms with Crippen LogP contribution in [0, 0.1) is 5.82 Å². The molecule has 2 heterocycles. The zero-order valence-corrected chi connectivity index (χ0v) is 16.8. The van der Waals surface area contributed by atoms with E-state index in [-0.39, 0.29) is 4.90 Å². The topological polar surface area (TPSA) is 51.1 Å². The fraction of sp³-hybridized carbons (Fsp3) is 0.364. The Morgan fingerprint density at radius 1 is 1.32 bits per heavy atom. The van der Waals surface area contributed by atoms with E-state index in [1.807, 2.05) is 12.2 Å². The molecule has 4 nitrogen and oxygen atoms in total. The number of aromatic nitrogens is 1.